The molecule has 0 fully saturated rings. The molecule has 0 aliphatic heterocycles. The topological polar surface area (TPSA) is 37.3 Å². The Balaban J connectivity index is 2.97. The van der Waals surface area contributed by atoms with E-state index in [-0.39, 0.29) is 10.8 Å². The van der Waals surface area contributed by atoms with Gasteiger partial charge in [-0.05, 0) is 67.7 Å². The molecule has 0 heterocycles. The molecule has 96 valence electrons. The number of carbonyl (C=O) groups excluding carboxylic acids is 1. The average Bonchev–Trinajstić information content (AvgIpc) is 2.24. The lowest BCUT2D eigenvalue weighted by atomic mass is 9.97. The van der Waals surface area contributed by atoms with Crippen LogP contribution in [0.1, 0.15) is 35.6 Å². The van der Waals surface area contributed by atoms with Crippen LogP contribution in [0.2, 0.25) is 0 Å². The number of benzene rings is 1. The smallest absolute Gasteiger partial charge is 0.156 e. The quantitative estimate of drug-likeness (QED) is 0.649. The van der Waals surface area contributed by atoms with Crippen LogP contribution in [0, 0.1) is 13.8 Å². The maximum atomic E-state index is 11.0. The number of rotatable bonds is 5. The molecule has 0 spiro atoms. The summed E-state index contributed by atoms with van der Waals surface area (Å²) in [5, 5.41) is 9.08. The van der Waals surface area contributed by atoms with Crippen molar-refractivity contribution in [3.63, 3.8) is 0 Å². The molecule has 1 N–H and O–H groups in total. The van der Waals surface area contributed by atoms with Gasteiger partial charge in [-0.1, -0.05) is 18.2 Å². The van der Waals surface area contributed by atoms with Crippen molar-refractivity contribution in [1.29, 1.82) is 0 Å². The maximum absolute atomic E-state index is 11.0. The molecule has 0 aliphatic rings. The third-order valence-corrected chi connectivity index (χ3v) is 2.97. The zero-order chi connectivity index (χ0) is 13.7. The Bertz CT molecular complexity index is 478. The molecule has 3 heteroatoms. The zero-order valence-electron chi connectivity index (χ0n) is 11.0. The highest BCUT2D eigenvalue weighted by molar-refractivity contribution is 7.80. The summed E-state index contributed by atoms with van der Waals surface area (Å²) in [5.41, 5.74) is 4.50. The highest BCUT2D eigenvalue weighted by Gasteiger charge is 2.04. The third-order valence-electron chi connectivity index (χ3n) is 2.77. The molecule has 1 aromatic carbocycles. The van der Waals surface area contributed by atoms with Crippen LogP contribution in [-0.2, 0) is 11.2 Å². The molecule has 1 rings (SSSR count). The van der Waals surface area contributed by atoms with Gasteiger partial charge < -0.3 is 5.11 Å². The molecule has 2 nitrogen and oxygen atoms in total. The highest BCUT2D eigenvalue weighted by Crippen LogP contribution is 2.19. The first-order chi connectivity index (χ1) is 8.40. The second kappa shape index (κ2) is 6.45. The Kier molecular flexibility index (Phi) is 5.23. The molecule has 0 saturated heterocycles. The minimum absolute atomic E-state index is 0.0449. The first-order valence-electron chi connectivity index (χ1n) is 5.90. The van der Waals surface area contributed by atoms with Crippen LogP contribution < -0.4 is 0 Å². The molecule has 0 saturated carbocycles. The normalized spacial score (nSPS) is 10.8. The number of hydrogen-bond donors (Lipinski definition) is 1. The first-order valence-corrected chi connectivity index (χ1v) is 6.31. The van der Waals surface area contributed by atoms with Crippen molar-refractivity contribution < 1.29 is 9.90 Å². The molecule has 0 atom stereocenters. The summed E-state index contributed by atoms with van der Waals surface area (Å²) < 4.78 is 0. The SMILES string of the molecule is CC(=O)C=Cc1c(C)cc(CCC(O)=S)cc1C. The molecular weight excluding hydrogens is 244 g/mol. The average molecular weight is 262 g/mol. The lowest BCUT2D eigenvalue weighted by Gasteiger charge is -2.09. The van der Waals surface area contributed by atoms with Crippen molar-refractivity contribution in [2.24, 2.45) is 0 Å². The van der Waals surface area contributed by atoms with E-state index in [0.717, 1.165) is 28.7 Å². The molecule has 0 amide bonds. The summed E-state index contributed by atoms with van der Waals surface area (Å²) >= 11 is 4.66. The van der Waals surface area contributed by atoms with Gasteiger partial charge in [0.1, 0.15) is 0 Å². The summed E-state index contributed by atoms with van der Waals surface area (Å²) in [6.45, 7) is 5.58. The van der Waals surface area contributed by atoms with E-state index in [0.29, 0.717) is 6.42 Å². The maximum Gasteiger partial charge on any atom is 0.156 e. The fourth-order valence-electron chi connectivity index (χ4n) is 1.92. The molecular formula is C15H18O2S. The van der Waals surface area contributed by atoms with Crippen molar-refractivity contribution in [2.45, 2.75) is 33.6 Å². The van der Waals surface area contributed by atoms with Gasteiger partial charge in [-0.2, -0.15) is 0 Å². The van der Waals surface area contributed by atoms with Crippen molar-refractivity contribution >= 4 is 29.1 Å². The summed E-state index contributed by atoms with van der Waals surface area (Å²) in [5.74, 6) is 0.0449. The first kappa shape index (κ1) is 14.6. The van der Waals surface area contributed by atoms with Gasteiger partial charge in [0.25, 0.3) is 0 Å². The second-order valence-electron chi connectivity index (χ2n) is 4.48. The number of allylic oxidation sites excluding steroid dienone is 1. The Labute approximate surface area is 113 Å². The Morgan fingerprint density at radius 2 is 1.89 bits per heavy atom. The van der Waals surface area contributed by atoms with E-state index in [2.05, 4.69) is 24.4 Å². The van der Waals surface area contributed by atoms with Crippen LogP contribution in [0.4, 0.5) is 0 Å². The van der Waals surface area contributed by atoms with E-state index in [1.807, 2.05) is 19.9 Å². The number of ketones is 1. The van der Waals surface area contributed by atoms with E-state index in [1.54, 1.807) is 6.08 Å². The van der Waals surface area contributed by atoms with Crippen LogP contribution in [0.5, 0.6) is 0 Å². The Morgan fingerprint density at radius 1 is 1.33 bits per heavy atom. The summed E-state index contributed by atoms with van der Waals surface area (Å²) in [6, 6.07) is 4.15. The highest BCUT2D eigenvalue weighted by atomic mass is 32.1. The minimum atomic E-state index is 0.0449. The Morgan fingerprint density at radius 3 is 2.33 bits per heavy atom. The number of aliphatic hydroxyl groups excluding tert-OH is 1. The predicted octanol–water partition coefficient (Wildman–Crippen LogP) is 3.72. The molecule has 0 unspecified atom stereocenters. The minimum Gasteiger partial charge on any atom is -0.502 e. The van der Waals surface area contributed by atoms with E-state index in [4.69, 9.17) is 5.11 Å². The molecule has 18 heavy (non-hydrogen) atoms. The largest absolute Gasteiger partial charge is 0.502 e. The lowest BCUT2D eigenvalue weighted by Crippen LogP contribution is -1.97. The van der Waals surface area contributed by atoms with E-state index < -0.39 is 0 Å². The van der Waals surface area contributed by atoms with Gasteiger partial charge in [0.2, 0.25) is 0 Å². The van der Waals surface area contributed by atoms with E-state index >= 15 is 0 Å². The second-order valence-corrected chi connectivity index (χ2v) is 4.95. The van der Waals surface area contributed by atoms with Crippen LogP contribution in [-0.4, -0.2) is 15.9 Å². The van der Waals surface area contributed by atoms with Gasteiger partial charge in [-0.15, -0.1) is 0 Å². The molecule has 1 aromatic rings. The van der Waals surface area contributed by atoms with Gasteiger partial charge >= 0.3 is 0 Å². The van der Waals surface area contributed by atoms with Crippen molar-refractivity contribution in [1.82, 2.24) is 0 Å². The fraction of sp³-hybridized carbons (Fsp3) is 0.333. The monoisotopic (exact) mass is 262 g/mol. The van der Waals surface area contributed by atoms with Crippen molar-refractivity contribution in [2.75, 3.05) is 0 Å². The Hall–Kier alpha value is -1.48. The number of hydrogen-bond acceptors (Lipinski definition) is 2. The zero-order valence-corrected chi connectivity index (χ0v) is 11.8. The third kappa shape index (κ3) is 4.41. The van der Waals surface area contributed by atoms with Gasteiger partial charge in [0, 0.05) is 6.42 Å². The van der Waals surface area contributed by atoms with Gasteiger partial charge in [0.05, 0.1) is 0 Å². The van der Waals surface area contributed by atoms with Crippen molar-refractivity contribution in [3.05, 3.63) is 40.5 Å². The van der Waals surface area contributed by atoms with Crippen LogP contribution >= 0.6 is 12.2 Å². The van der Waals surface area contributed by atoms with Gasteiger partial charge in [0.15, 0.2) is 10.8 Å². The summed E-state index contributed by atoms with van der Waals surface area (Å²) in [6.07, 6.45) is 4.69. The standard InChI is InChI=1S/C15H18O2S/c1-10-8-13(5-7-15(17)18)9-11(2)14(10)6-4-12(3)16/h4,6,8-9H,5,7H2,1-3H3,(H,17,18). The number of carbonyl (C=O) groups is 1. The van der Waals surface area contributed by atoms with Gasteiger partial charge in [-0.3, -0.25) is 4.79 Å². The van der Waals surface area contributed by atoms with E-state index in [9.17, 15) is 4.79 Å². The number of aryl methyl sites for hydroxylation is 3. The predicted molar refractivity (Wildman–Crippen MR) is 79.2 cm³/mol. The van der Waals surface area contributed by atoms with Crippen LogP contribution in [0.25, 0.3) is 6.08 Å². The lowest BCUT2D eigenvalue weighted by molar-refractivity contribution is -0.112. The van der Waals surface area contributed by atoms with E-state index in [1.165, 1.54) is 6.92 Å². The molecule has 0 radical (unpaired) electrons. The number of aliphatic hydroxyl groups is 1. The van der Waals surface area contributed by atoms with Crippen LogP contribution in [0.3, 0.4) is 0 Å². The van der Waals surface area contributed by atoms with Gasteiger partial charge in [-0.25, -0.2) is 0 Å². The molecule has 0 aromatic heterocycles. The molecule has 0 bridgehead atoms. The number of thiocarbonyl (C=S) groups is 1. The summed E-state index contributed by atoms with van der Waals surface area (Å²) in [4.78, 5) is 11.0. The fourth-order valence-corrected chi connectivity index (χ4v) is 2.03. The van der Waals surface area contributed by atoms with Crippen molar-refractivity contribution in [3.8, 4) is 0 Å². The van der Waals surface area contributed by atoms with Crippen LogP contribution in [0.15, 0.2) is 18.2 Å². The molecule has 0 aliphatic carbocycles. The summed E-state index contributed by atoms with van der Waals surface area (Å²) in [7, 11) is 0.